The molecule has 2 rings (SSSR count). The van der Waals surface area contributed by atoms with E-state index >= 15 is 0 Å². The van der Waals surface area contributed by atoms with Crippen molar-refractivity contribution in [2.45, 2.75) is 19.5 Å². The fourth-order valence-corrected chi connectivity index (χ4v) is 2.04. The molecule has 0 unspecified atom stereocenters. The summed E-state index contributed by atoms with van der Waals surface area (Å²) in [6, 6.07) is 8.46. The number of halogens is 3. The van der Waals surface area contributed by atoms with Crippen molar-refractivity contribution in [2.24, 2.45) is 0 Å². The number of carbonyl (C=O) groups is 1. The number of amides is 1. The number of benzene rings is 1. The molecule has 2 aromatic rings. The van der Waals surface area contributed by atoms with Crippen molar-refractivity contribution in [2.75, 3.05) is 6.54 Å². The van der Waals surface area contributed by atoms with E-state index in [9.17, 15) is 23.1 Å². The molecule has 0 radical (unpaired) electrons. The van der Waals surface area contributed by atoms with Gasteiger partial charge >= 0.3 is 6.18 Å². The van der Waals surface area contributed by atoms with Gasteiger partial charge in [0.25, 0.3) is 5.91 Å². The Morgan fingerprint density at radius 2 is 1.83 bits per heavy atom. The maximum atomic E-state index is 12.5. The van der Waals surface area contributed by atoms with E-state index in [1.807, 2.05) is 0 Å². The first-order chi connectivity index (χ1) is 10.8. The van der Waals surface area contributed by atoms with Gasteiger partial charge in [-0.3, -0.25) is 4.79 Å². The second-order valence-electron chi connectivity index (χ2n) is 5.00. The third-order valence-corrected chi connectivity index (χ3v) is 3.26. The van der Waals surface area contributed by atoms with Gasteiger partial charge in [-0.15, -0.1) is 0 Å². The number of carbonyl (C=O) groups excluding carboxylic acids is 1. The molecule has 7 heteroatoms. The molecule has 1 aromatic carbocycles. The summed E-state index contributed by atoms with van der Waals surface area (Å²) >= 11 is 0. The van der Waals surface area contributed by atoms with E-state index in [0.717, 1.165) is 17.7 Å². The highest BCUT2D eigenvalue weighted by atomic mass is 19.4. The number of alkyl halides is 3. The molecule has 122 valence electrons. The summed E-state index contributed by atoms with van der Waals surface area (Å²) in [6.45, 7) is 1.69. The number of pyridine rings is 1. The van der Waals surface area contributed by atoms with Crippen LogP contribution in [0.15, 0.2) is 36.4 Å². The second kappa shape index (κ2) is 6.68. The van der Waals surface area contributed by atoms with Crippen molar-refractivity contribution in [3.8, 4) is 5.75 Å². The Bertz CT molecular complexity index is 697. The van der Waals surface area contributed by atoms with Crippen LogP contribution in [0.25, 0.3) is 0 Å². The normalized spacial score (nSPS) is 11.3. The number of aryl methyl sites for hydroxylation is 1. The zero-order valence-corrected chi connectivity index (χ0v) is 12.3. The van der Waals surface area contributed by atoms with Gasteiger partial charge in [0.2, 0.25) is 0 Å². The van der Waals surface area contributed by atoms with Gasteiger partial charge in [0.1, 0.15) is 11.4 Å². The molecular formula is C16H15F3N2O2. The van der Waals surface area contributed by atoms with Crippen LogP contribution in [0, 0.1) is 6.92 Å². The van der Waals surface area contributed by atoms with E-state index < -0.39 is 17.8 Å². The number of hydrogen-bond acceptors (Lipinski definition) is 3. The molecule has 0 atom stereocenters. The van der Waals surface area contributed by atoms with E-state index in [2.05, 4.69) is 10.3 Å². The van der Waals surface area contributed by atoms with E-state index in [-0.39, 0.29) is 17.0 Å². The Kier molecular flexibility index (Phi) is 4.88. The minimum absolute atomic E-state index is 0.0296. The van der Waals surface area contributed by atoms with Gasteiger partial charge in [0.15, 0.2) is 0 Å². The monoisotopic (exact) mass is 324 g/mol. The SMILES string of the molecule is Cc1nc(C(F)(F)F)ccc1C(=O)NCCc1ccc(O)cc1. The first-order valence-electron chi connectivity index (χ1n) is 6.88. The molecular weight excluding hydrogens is 309 g/mol. The number of aromatic hydroxyl groups is 1. The molecule has 1 amide bonds. The van der Waals surface area contributed by atoms with Crippen molar-refractivity contribution < 1.29 is 23.1 Å². The quantitative estimate of drug-likeness (QED) is 0.908. The van der Waals surface area contributed by atoms with Crippen LogP contribution in [0.3, 0.4) is 0 Å². The van der Waals surface area contributed by atoms with Crippen molar-refractivity contribution in [3.05, 3.63) is 58.9 Å². The smallest absolute Gasteiger partial charge is 0.433 e. The van der Waals surface area contributed by atoms with Crippen LogP contribution in [0.5, 0.6) is 5.75 Å². The number of rotatable bonds is 4. The van der Waals surface area contributed by atoms with Crippen molar-refractivity contribution >= 4 is 5.91 Å². The van der Waals surface area contributed by atoms with E-state index in [4.69, 9.17) is 0 Å². The fraction of sp³-hybridized carbons (Fsp3) is 0.250. The maximum Gasteiger partial charge on any atom is 0.433 e. The lowest BCUT2D eigenvalue weighted by Crippen LogP contribution is -2.27. The third kappa shape index (κ3) is 4.45. The number of nitrogens with one attached hydrogen (secondary N) is 1. The van der Waals surface area contributed by atoms with Gasteiger partial charge in [-0.1, -0.05) is 12.1 Å². The Labute approximate surface area is 131 Å². The summed E-state index contributed by atoms with van der Waals surface area (Å²) in [5.74, 6) is -0.313. The van der Waals surface area contributed by atoms with E-state index in [0.29, 0.717) is 13.0 Å². The largest absolute Gasteiger partial charge is 0.508 e. The summed E-state index contributed by atoms with van der Waals surface area (Å²) in [4.78, 5) is 15.4. The molecule has 23 heavy (non-hydrogen) atoms. The average Bonchev–Trinajstić information content (AvgIpc) is 2.48. The second-order valence-corrected chi connectivity index (χ2v) is 5.00. The minimum atomic E-state index is -4.53. The summed E-state index contributed by atoms with van der Waals surface area (Å²) in [6.07, 6.45) is -3.99. The first kappa shape index (κ1) is 16.8. The molecule has 0 bridgehead atoms. The summed E-state index contributed by atoms with van der Waals surface area (Å²) < 4.78 is 37.6. The van der Waals surface area contributed by atoms with Crippen molar-refractivity contribution in [3.63, 3.8) is 0 Å². The highest BCUT2D eigenvalue weighted by molar-refractivity contribution is 5.95. The van der Waals surface area contributed by atoms with Crippen molar-refractivity contribution in [1.82, 2.24) is 10.3 Å². The maximum absolute atomic E-state index is 12.5. The molecule has 0 saturated heterocycles. The molecule has 1 heterocycles. The third-order valence-electron chi connectivity index (χ3n) is 3.26. The van der Waals surface area contributed by atoms with Crippen LogP contribution in [0.1, 0.15) is 27.3 Å². The van der Waals surface area contributed by atoms with Gasteiger partial charge in [-0.05, 0) is 43.2 Å². The summed E-state index contributed by atoms with van der Waals surface area (Å²) in [5.41, 5.74) is 0.0478. The lowest BCUT2D eigenvalue weighted by molar-refractivity contribution is -0.141. The predicted molar refractivity (Wildman–Crippen MR) is 78.1 cm³/mol. The minimum Gasteiger partial charge on any atom is -0.508 e. The Morgan fingerprint density at radius 1 is 1.17 bits per heavy atom. The molecule has 2 N–H and O–H groups in total. The highest BCUT2D eigenvalue weighted by Crippen LogP contribution is 2.28. The molecule has 0 fully saturated rings. The molecule has 0 saturated carbocycles. The zero-order chi connectivity index (χ0) is 17.0. The van der Waals surface area contributed by atoms with Crippen LogP contribution in [0.2, 0.25) is 0 Å². The van der Waals surface area contributed by atoms with Crippen LogP contribution in [-0.2, 0) is 12.6 Å². The molecule has 4 nitrogen and oxygen atoms in total. The lowest BCUT2D eigenvalue weighted by Gasteiger charge is -2.10. The molecule has 0 aliphatic carbocycles. The van der Waals surface area contributed by atoms with Gasteiger partial charge < -0.3 is 10.4 Å². The van der Waals surface area contributed by atoms with Crippen molar-refractivity contribution in [1.29, 1.82) is 0 Å². The number of aromatic nitrogens is 1. The number of hydrogen-bond donors (Lipinski definition) is 2. The molecule has 0 spiro atoms. The molecule has 0 aliphatic rings. The summed E-state index contributed by atoms with van der Waals surface area (Å²) in [5, 5.41) is 11.8. The predicted octanol–water partition coefficient (Wildman–Crippen LogP) is 3.09. The lowest BCUT2D eigenvalue weighted by atomic mass is 10.1. The Morgan fingerprint density at radius 3 is 2.39 bits per heavy atom. The van der Waals surface area contributed by atoms with Gasteiger partial charge in [-0.25, -0.2) is 4.98 Å². The van der Waals surface area contributed by atoms with Crippen LogP contribution in [0.4, 0.5) is 13.2 Å². The first-order valence-corrected chi connectivity index (χ1v) is 6.88. The zero-order valence-electron chi connectivity index (χ0n) is 12.3. The van der Waals surface area contributed by atoms with E-state index in [1.54, 1.807) is 24.3 Å². The van der Waals surface area contributed by atoms with Gasteiger partial charge in [0, 0.05) is 6.54 Å². The average molecular weight is 324 g/mol. The highest BCUT2D eigenvalue weighted by Gasteiger charge is 2.33. The molecule has 1 aromatic heterocycles. The topological polar surface area (TPSA) is 62.2 Å². The van der Waals surface area contributed by atoms with Gasteiger partial charge in [-0.2, -0.15) is 13.2 Å². The standard InChI is InChI=1S/C16H15F3N2O2/c1-10-13(6-7-14(21-10)16(17,18)19)15(23)20-9-8-11-2-4-12(22)5-3-11/h2-7,22H,8-9H2,1H3,(H,20,23). The van der Waals surface area contributed by atoms with Gasteiger partial charge in [0.05, 0.1) is 11.3 Å². The molecule has 0 aliphatic heterocycles. The van der Waals surface area contributed by atoms with Crippen LogP contribution >= 0.6 is 0 Å². The fourth-order valence-electron chi connectivity index (χ4n) is 2.04. The number of phenols is 1. The number of nitrogens with zero attached hydrogens (tertiary/aromatic N) is 1. The van der Waals surface area contributed by atoms with Crippen LogP contribution < -0.4 is 5.32 Å². The number of phenolic OH excluding ortho intramolecular Hbond substituents is 1. The van der Waals surface area contributed by atoms with Crippen LogP contribution in [-0.4, -0.2) is 22.5 Å². The van der Waals surface area contributed by atoms with E-state index in [1.165, 1.54) is 6.92 Å². The Balaban J connectivity index is 1.97. The Hall–Kier alpha value is -2.57. The summed E-state index contributed by atoms with van der Waals surface area (Å²) in [7, 11) is 0.